The van der Waals surface area contributed by atoms with Crippen LogP contribution in [0.4, 0.5) is 0 Å². The van der Waals surface area contributed by atoms with Gasteiger partial charge in [-0.1, -0.05) is 19.3 Å². The van der Waals surface area contributed by atoms with Gasteiger partial charge in [0.2, 0.25) is 0 Å². The fraction of sp³-hybridized carbons (Fsp3) is 0.727. The number of hydrogen-bond acceptors (Lipinski definition) is 4. The van der Waals surface area contributed by atoms with Crippen LogP contribution < -0.4 is 5.73 Å². The fourth-order valence-corrected chi connectivity index (χ4v) is 3.98. The van der Waals surface area contributed by atoms with Gasteiger partial charge in [-0.05, 0) is 12.8 Å². The second-order valence-electron chi connectivity index (χ2n) is 4.74. The van der Waals surface area contributed by atoms with Crippen LogP contribution in [0.1, 0.15) is 37.7 Å². The third-order valence-corrected chi connectivity index (χ3v) is 5.55. The molecule has 0 saturated heterocycles. The molecule has 0 amide bonds. The summed E-state index contributed by atoms with van der Waals surface area (Å²) in [5, 5.41) is 6.47. The Balaban J connectivity index is 2.24. The van der Waals surface area contributed by atoms with Crippen LogP contribution in [0.25, 0.3) is 0 Å². The number of nitrogens with two attached hydrogens (primary N) is 1. The SMILES string of the molecule is CN(C1CCCCC1)S(=O)(=O)c1[nH]ncc1CN. The largest absolute Gasteiger partial charge is 0.326 e. The maximum atomic E-state index is 12.5. The lowest BCUT2D eigenvalue weighted by atomic mass is 9.96. The third kappa shape index (κ3) is 2.43. The zero-order chi connectivity index (χ0) is 13.2. The standard InChI is InChI=1S/C11H20N4O2S/c1-15(10-5-3-2-4-6-10)18(16,17)11-9(7-12)8-13-14-11/h8,10H,2-7,12H2,1H3,(H,13,14). The van der Waals surface area contributed by atoms with Crippen molar-refractivity contribution < 1.29 is 8.42 Å². The minimum Gasteiger partial charge on any atom is -0.326 e. The van der Waals surface area contributed by atoms with E-state index in [0.29, 0.717) is 5.56 Å². The van der Waals surface area contributed by atoms with E-state index in [1.165, 1.54) is 16.9 Å². The predicted octanol–water partition coefficient (Wildman–Crippen LogP) is 0.822. The highest BCUT2D eigenvalue weighted by Gasteiger charge is 2.31. The molecular weight excluding hydrogens is 252 g/mol. The van der Waals surface area contributed by atoms with Gasteiger partial charge in [-0.2, -0.15) is 9.40 Å². The lowest BCUT2D eigenvalue weighted by molar-refractivity contribution is 0.285. The van der Waals surface area contributed by atoms with E-state index in [1.807, 2.05) is 0 Å². The van der Waals surface area contributed by atoms with Gasteiger partial charge >= 0.3 is 0 Å². The third-order valence-electron chi connectivity index (χ3n) is 3.62. The summed E-state index contributed by atoms with van der Waals surface area (Å²) in [6.45, 7) is 0.170. The Labute approximate surface area is 108 Å². The Morgan fingerprint density at radius 3 is 2.72 bits per heavy atom. The summed E-state index contributed by atoms with van der Waals surface area (Å²) in [5.74, 6) is 0. The molecule has 0 unspecified atom stereocenters. The van der Waals surface area contributed by atoms with Gasteiger partial charge < -0.3 is 5.73 Å². The van der Waals surface area contributed by atoms with Crippen molar-refractivity contribution in [3.05, 3.63) is 11.8 Å². The fourth-order valence-electron chi connectivity index (χ4n) is 2.45. The van der Waals surface area contributed by atoms with Crippen molar-refractivity contribution in [3.8, 4) is 0 Å². The monoisotopic (exact) mass is 272 g/mol. The van der Waals surface area contributed by atoms with Crippen LogP contribution >= 0.6 is 0 Å². The van der Waals surface area contributed by atoms with Crippen molar-refractivity contribution in [2.45, 2.75) is 49.7 Å². The summed E-state index contributed by atoms with van der Waals surface area (Å²) in [4.78, 5) is 0. The van der Waals surface area contributed by atoms with E-state index in [-0.39, 0.29) is 17.6 Å². The van der Waals surface area contributed by atoms with Gasteiger partial charge in [0.15, 0.2) is 5.03 Å². The first-order chi connectivity index (χ1) is 8.57. The van der Waals surface area contributed by atoms with E-state index >= 15 is 0 Å². The summed E-state index contributed by atoms with van der Waals surface area (Å²) >= 11 is 0. The number of H-pyrrole nitrogens is 1. The highest BCUT2D eigenvalue weighted by atomic mass is 32.2. The molecule has 1 aromatic heterocycles. The van der Waals surface area contributed by atoms with Crippen molar-refractivity contribution >= 4 is 10.0 Å². The molecule has 102 valence electrons. The second-order valence-corrected chi connectivity index (χ2v) is 6.68. The highest BCUT2D eigenvalue weighted by Crippen LogP contribution is 2.26. The zero-order valence-corrected chi connectivity index (χ0v) is 11.4. The summed E-state index contributed by atoms with van der Waals surface area (Å²) < 4.78 is 26.4. The lowest BCUT2D eigenvalue weighted by Crippen LogP contribution is -2.38. The van der Waals surface area contributed by atoms with Gasteiger partial charge in [0, 0.05) is 25.2 Å². The number of hydrogen-bond donors (Lipinski definition) is 2. The molecule has 0 bridgehead atoms. The van der Waals surface area contributed by atoms with E-state index in [2.05, 4.69) is 10.2 Å². The Bertz CT molecular complexity index is 491. The molecule has 0 radical (unpaired) electrons. The van der Waals surface area contributed by atoms with Crippen LogP contribution in [0.2, 0.25) is 0 Å². The maximum absolute atomic E-state index is 12.5. The van der Waals surface area contributed by atoms with Crippen LogP contribution in [-0.2, 0) is 16.6 Å². The quantitative estimate of drug-likeness (QED) is 0.849. The van der Waals surface area contributed by atoms with Crippen molar-refractivity contribution in [1.82, 2.24) is 14.5 Å². The number of aromatic amines is 1. The van der Waals surface area contributed by atoms with Gasteiger partial charge in [0.05, 0.1) is 6.20 Å². The average Bonchev–Trinajstić information content (AvgIpc) is 2.88. The molecule has 0 spiro atoms. The Morgan fingerprint density at radius 1 is 1.44 bits per heavy atom. The summed E-state index contributed by atoms with van der Waals surface area (Å²) in [6.07, 6.45) is 6.72. The molecule has 7 heteroatoms. The molecule has 1 aliphatic rings. The van der Waals surface area contributed by atoms with Crippen LogP contribution in [0, 0.1) is 0 Å². The highest BCUT2D eigenvalue weighted by molar-refractivity contribution is 7.89. The second kappa shape index (κ2) is 5.38. The van der Waals surface area contributed by atoms with Gasteiger partial charge in [0.1, 0.15) is 0 Å². The predicted molar refractivity (Wildman–Crippen MR) is 68.3 cm³/mol. The first-order valence-electron chi connectivity index (χ1n) is 6.27. The van der Waals surface area contributed by atoms with Gasteiger partial charge in [-0.25, -0.2) is 8.42 Å². The lowest BCUT2D eigenvalue weighted by Gasteiger charge is -2.30. The molecule has 1 aromatic rings. The van der Waals surface area contributed by atoms with Gasteiger partial charge in [0.25, 0.3) is 10.0 Å². The van der Waals surface area contributed by atoms with E-state index in [4.69, 9.17) is 5.73 Å². The van der Waals surface area contributed by atoms with Crippen LogP contribution in [0.3, 0.4) is 0 Å². The van der Waals surface area contributed by atoms with E-state index in [0.717, 1.165) is 25.7 Å². The van der Waals surface area contributed by atoms with E-state index in [1.54, 1.807) is 7.05 Å². The minimum atomic E-state index is -3.50. The number of aromatic nitrogens is 2. The molecule has 6 nitrogen and oxygen atoms in total. The number of nitrogens with zero attached hydrogens (tertiary/aromatic N) is 2. The molecule has 1 aliphatic carbocycles. The van der Waals surface area contributed by atoms with Crippen molar-refractivity contribution in [2.75, 3.05) is 7.05 Å². The molecule has 3 N–H and O–H groups in total. The molecule has 0 atom stereocenters. The number of rotatable bonds is 4. The molecule has 1 fully saturated rings. The van der Waals surface area contributed by atoms with E-state index in [9.17, 15) is 8.42 Å². The molecule has 18 heavy (non-hydrogen) atoms. The van der Waals surface area contributed by atoms with Crippen molar-refractivity contribution in [3.63, 3.8) is 0 Å². The first-order valence-corrected chi connectivity index (χ1v) is 7.71. The maximum Gasteiger partial charge on any atom is 0.260 e. The molecule has 1 saturated carbocycles. The topological polar surface area (TPSA) is 92.1 Å². The summed E-state index contributed by atoms with van der Waals surface area (Å²) in [6, 6.07) is 0.0951. The Morgan fingerprint density at radius 2 is 2.11 bits per heavy atom. The number of sulfonamides is 1. The normalized spacial score (nSPS) is 18.4. The first kappa shape index (κ1) is 13.5. The average molecular weight is 272 g/mol. The van der Waals surface area contributed by atoms with E-state index < -0.39 is 10.0 Å². The van der Waals surface area contributed by atoms with Crippen molar-refractivity contribution in [2.24, 2.45) is 5.73 Å². The molecule has 0 aliphatic heterocycles. The van der Waals surface area contributed by atoms with Gasteiger partial charge in [-0.3, -0.25) is 5.10 Å². The smallest absolute Gasteiger partial charge is 0.260 e. The molecule has 1 heterocycles. The van der Waals surface area contributed by atoms with Gasteiger partial charge in [-0.15, -0.1) is 0 Å². The number of nitrogens with one attached hydrogen (secondary N) is 1. The zero-order valence-electron chi connectivity index (χ0n) is 10.6. The van der Waals surface area contributed by atoms with Crippen molar-refractivity contribution in [1.29, 1.82) is 0 Å². The summed E-state index contributed by atoms with van der Waals surface area (Å²) in [7, 11) is -1.86. The molecule has 2 rings (SSSR count). The molecule has 0 aromatic carbocycles. The van der Waals surface area contributed by atoms with Crippen LogP contribution in [0.15, 0.2) is 11.2 Å². The minimum absolute atomic E-state index is 0.0951. The molecular formula is C11H20N4O2S. The van der Waals surface area contributed by atoms with Crippen LogP contribution in [-0.4, -0.2) is 36.0 Å². The Hall–Kier alpha value is -0.920. The van der Waals surface area contributed by atoms with Crippen LogP contribution in [0.5, 0.6) is 0 Å². The summed E-state index contributed by atoms with van der Waals surface area (Å²) in [5.41, 5.74) is 6.07. The Kier molecular flexibility index (Phi) is 4.04.